The monoisotopic (exact) mass is 462 g/mol. The van der Waals surface area contributed by atoms with E-state index in [1.807, 2.05) is 0 Å². The van der Waals surface area contributed by atoms with Gasteiger partial charge in [0.1, 0.15) is 53.2 Å². The van der Waals surface area contributed by atoms with Gasteiger partial charge in [-0.1, -0.05) is 0 Å². The van der Waals surface area contributed by atoms with Crippen molar-refractivity contribution in [3.63, 3.8) is 0 Å². The normalized spacial score (nSPS) is 25.3. The fraction of sp³-hybridized carbons (Fsp3) is 0.318. The molecule has 3 aromatic rings. The smallest absolute Gasteiger partial charge is 0.197 e. The molecule has 0 amide bonds. The molecule has 1 fully saturated rings. The number of phenols is 3. The summed E-state index contributed by atoms with van der Waals surface area (Å²) in [4.78, 5) is 12.9. The number of methoxy groups -OCH3 is 1. The summed E-state index contributed by atoms with van der Waals surface area (Å²) in [5.74, 6) is -1.29. The summed E-state index contributed by atoms with van der Waals surface area (Å²) in [6.07, 6.45) is -7.98. The number of hydrogen-bond acceptors (Lipinski definition) is 11. The van der Waals surface area contributed by atoms with Crippen molar-refractivity contribution in [3.8, 4) is 34.3 Å². The van der Waals surface area contributed by atoms with E-state index in [9.17, 15) is 40.5 Å². The van der Waals surface area contributed by atoms with Crippen LogP contribution in [-0.4, -0.2) is 73.9 Å². The molecule has 0 spiro atoms. The maximum atomic E-state index is 12.9. The molecule has 1 saturated heterocycles. The summed E-state index contributed by atoms with van der Waals surface area (Å²) in [5.41, 5.74) is -0.997. The Morgan fingerprint density at radius 2 is 1.67 bits per heavy atom. The lowest BCUT2D eigenvalue weighted by Crippen LogP contribution is -2.55. The number of benzene rings is 2. The summed E-state index contributed by atoms with van der Waals surface area (Å²) in [6, 6.07) is 6.10. The summed E-state index contributed by atoms with van der Waals surface area (Å²) in [5, 5.41) is 70.6. The average Bonchev–Trinajstić information content (AvgIpc) is 2.78. The number of hydrogen-bond donors (Lipinski definition) is 7. The Labute approximate surface area is 185 Å². The van der Waals surface area contributed by atoms with Gasteiger partial charge in [0.05, 0.1) is 19.3 Å². The van der Waals surface area contributed by atoms with Crippen molar-refractivity contribution in [3.05, 3.63) is 46.1 Å². The Morgan fingerprint density at radius 1 is 0.939 bits per heavy atom. The first-order valence-corrected chi connectivity index (χ1v) is 9.88. The van der Waals surface area contributed by atoms with Gasteiger partial charge < -0.3 is 49.6 Å². The van der Waals surface area contributed by atoms with Crippen LogP contribution in [0.25, 0.3) is 22.3 Å². The predicted molar refractivity (Wildman–Crippen MR) is 112 cm³/mol. The Hall–Kier alpha value is -3.35. The third kappa shape index (κ3) is 3.75. The molecule has 33 heavy (non-hydrogen) atoms. The minimum Gasteiger partial charge on any atom is -0.507 e. The Kier molecular flexibility index (Phi) is 5.91. The molecule has 0 aliphatic carbocycles. The fourth-order valence-electron chi connectivity index (χ4n) is 3.91. The average molecular weight is 462 g/mol. The summed E-state index contributed by atoms with van der Waals surface area (Å²) in [7, 11) is 1.34. The lowest BCUT2D eigenvalue weighted by Gasteiger charge is -2.40. The first kappa shape index (κ1) is 22.8. The van der Waals surface area contributed by atoms with E-state index in [1.165, 1.54) is 25.3 Å². The number of rotatable bonds is 4. The SMILES string of the molecule is COc1cc(-c2cc(=O)c3c(O)cc(O)c([C@@H]4O[C@@H](CO)[C@@H](O)[C@H](O)[C@@H]4O)c3o2)ccc1O. The fourth-order valence-corrected chi connectivity index (χ4v) is 3.91. The van der Waals surface area contributed by atoms with Gasteiger partial charge in [-0.3, -0.25) is 4.79 Å². The molecule has 0 unspecified atom stereocenters. The molecule has 5 atom stereocenters. The number of phenolic OH excluding ortho intramolecular Hbond substituents is 3. The molecule has 1 aromatic heterocycles. The second kappa shape index (κ2) is 8.54. The van der Waals surface area contributed by atoms with E-state index >= 15 is 0 Å². The Balaban J connectivity index is 1.97. The molecule has 2 heterocycles. The van der Waals surface area contributed by atoms with Crippen LogP contribution in [0.15, 0.2) is 39.5 Å². The van der Waals surface area contributed by atoms with Crippen molar-refractivity contribution >= 4 is 11.0 Å². The van der Waals surface area contributed by atoms with E-state index in [2.05, 4.69) is 0 Å². The van der Waals surface area contributed by atoms with Crippen LogP contribution in [0.1, 0.15) is 11.7 Å². The lowest BCUT2D eigenvalue weighted by molar-refractivity contribution is -0.231. The molecule has 0 saturated carbocycles. The molecular formula is C22H22O11. The van der Waals surface area contributed by atoms with Gasteiger partial charge in [0.25, 0.3) is 0 Å². The summed E-state index contributed by atoms with van der Waals surface area (Å²) in [6.45, 7) is -0.708. The Morgan fingerprint density at radius 3 is 2.33 bits per heavy atom. The summed E-state index contributed by atoms with van der Waals surface area (Å²) < 4.78 is 16.4. The maximum absolute atomic E-state index is 12.9. The Bertz CT molecular complexity index is 1250. The van der Waals surface area contributed by atoms with Crippen LogP contribution in [0.5, 0.6) is 23.0 Å². The largest absolute Gasteiger partial charge is 0.507 e. The van der Waals surface area contributed by atoms with Gasteiger partial charge in [-0.15, -0.1) is 0 Å². The number of aliphatic hydroxyl groups excluding tert-OH is 4. The standard InChI is InChI=1S/C22H22O11/c1-31-14-4-8(2-3-9(14)24)13-6-12(27)16-10(25)5-11(26)17(21(16)32-13)22-20(30)19(29)18(28)15(7-23)33-22/h2-6,15,18-20,22-26,28-30H,7H2,1H3/t15-,18+,19-,20-,22-/m0/s1. The van der Waals surface area contributed by atoms with E-state index in [-0.39, 0.29) is 33.8 Å². The van der Waals surface area contributed by atoms with Gasteiger partial charge in [-0.05, 0) is 18.2 Å². The molecular weight excluding hydrogens is 440 g/mol. The van der Waals surface area contributed by atoms with Gasteiger partial charge in [-0.2, -0.15) is 0 Å². The molecule has 4 rings (SSSR count). The number of aromatic hydroxyl groups is 3. The van der Waals surface area contributed by atoms with E-state index in [1.54, 1.807) is 0 Å². The second-order valence-electron chi connectivity index (χ2n) is 7.64. The highest BCUT2D eigenvalue weighted by molar-refractivity contribution is 5.89. The molecule has 7 N–H and O–H groups in total. The first-order valence-electron chi connectivity index (χ1n) is 9.88. The van der Waals surface area contributed by atoms with Crippen molar-refractivity contribution < 1.29 is 49.6 Å². The molecule has 11 heteroatoms. The van der Waals surface area contributed by atoms with Gasteiger partial charge >= 0.3 is 0 Å². The zero-order chi connectivity index (χ0) is 24.0. The maximum Gasteiger partial charge on any atom is 0.197 e. The zero-order valence-corrected chi connectivity index (χ0v) is 17.2. The van der Waals surface area contributed by atoms with E-state index in [0.29, 0.717) is 5.56 Å². The summed E-state index contributed by atoms with van der Waals surface area (Å²) >= 11 is 0. The van der Waals surface area contributed by atoms with Crippen molar-refractivity contribution in [1.82, 2.24) is 0 Å². The van der Waals surface area contributed by atoms with Crippen LogP contribution in [0.3, 0.4) is 0 Å². The van der Waals surface area contributed by atoms with Gasteiger partial charge in [0, 0.05) is 17.7 Å². The zero-order valence-electron chi connectivity index (χ0n) is 17.2. The van der Waals surface area contributed by atoms with Crippen molar-refractivity contribution in [2.75, 3.05) is 13.7 Å². The topological polar surface area (TPSA) is 190 Å². The number of fused-ring (bicyclic) bond motifs is 1. The van der Waals surface area contributed by atoms with Crippen LogP contribution in [-0.2, 0) is 4.74 Å². The molecule has 0 bridgehead atoms. The highest BCUT2D eigenvalue weighted by Crippen LogP contribution is 2.44. The minimum atomic E-state index is -1.77. The number of ether oxygens (including phenoxy) is 2. The lowest BCUT2D eigenvalue weighted by atomic mass is 9.89. The third-order valence-corrected chi connectivity index (χ3v) is 5.64. The van der Waals surface area contributed by atoms with Gasteiger partial charge in [0.2, 0.25) is 0 Å². The molecule has 2 aromatic carbocycles. The predicted octanol–water partition coefficient (Wildman–Crippen LogP) is 0.100. The third-order valence-electron chi connectivity index (χ3n) is 5.64. The molecule has 11 nitrogen and oxygen atoms in total. The molecule has 1 aliphatic heterocycles. The minimum absolute atomic E-state index is 0.0263. The van der Waals surface area contributed by atoms with Crippen LogP contribution in [0, 0.1) is 0 Å². The van der Waals surface area contributed by atoms with E-state index in [4.69, 9.17) is 13.9 Å². The molecule has 176 valence electrons. The van der Waals surface area contributed by atoms with Gasteiger partial charge in [0.15, 0.2) is 22.5 Å². The van der Waals surface area contributed by atoms with Crippen molar-refractivity contribution in [2.45, 2.75) is 30.5 Å². The van der Waals surface area contributed by atoms with Crippen LogP contribution in [0.2, 0.25) is 0 Å². The quantitative estimate of drug-likeness (QED) is 0.278. The highest BCUT2D eigenvalue weighted by atomic mass is 16.5. The number of aliphatic hydroxyl groups is 4. The van der Waals surface area contributed by atoms with Crippen LogP contribution >= 0.6 is 0 Å². The van der Waals surface area contributed by atoms with E-state index in [0.717, 1.165) is 12.1 Å². The second-order valence-corrected chi connectivity index (χ2v) is 7.64. The van der Waals surface area contributed by atoms with Crippen LogP contribution < -0.4 is 10.2 Å². The van der Waals surface area contributed by atoms with Crippen molar-refractivity contribution in [1.29, 1.82) is 0 Å². The van der Waals surface area contributed by atoms with Crippen molar-refractivity contribution in [2.24, 2.45) is 0 Å². The first-order chi connectivity index (χ1) is 15.7. The van der Waals surface area contributed by atoms with E-state index < -0.39 is 54.1 Å². The molecule has 0 radical (unpaired) electrons. The highest BCUT2D eigenvalue weighted by Gasteiger charge is 2.46. The van der Waals surface area contributed by atoms with Gasteiger partial charge in [-0.25, -0.2) is 0 Å². The molecule has 1 aliphatic rings. The van der Waals surface area contributed by atoms with Crippen LogP contribution in [0.4, 0.5) is 0 Å².